The summed E-state index contributed by atoms with van der Waals surface area (Å²) in [6, 6.07) is 1.06. The summed E-state index contributed by atoms with van der Waals surface area (Å²) in [4.78, 5) is 2.52. The number of likely N-dealkylation sites (N-methyl/N-ethyl adjacent to an activating group) is 1. The Morgan fingerprint density at radius 3 is 2.28 bits per heavy atom. The van der Waals surface area contributed by atoms with Crippen molar-refractivity contribution in [1.29, 1.82) is 0 Å². The summed E-state index contributed by atoms with van der Waals surface area (Å²) in [5, 5.41) is 10.6. The van der Waals surface area contributed by atoms with Crippen LogP contribution >= 0.6 is 0 Å². The minimum absolute atomic E-state index is 0.0923. The highest BCUT2D eigenvalue weighted by Crippen LogP contribution is 2.39. The van der Waals surface area contributed by atoms with Gasteiger partial charge in [-0.1, -0.05) is 40.0 Å². The quantitative estimate of drug-likeness (QED) is 0.815. The van der Waals surface area contributed by atoms with Crippen molar-refractivity contribution < 1.29 is 5.11 Å². The van der Waals surface area contributed by atoms with Crippen LogP contribution in [0, 0.1) is 11.3 Å². The SMILES string of the molecule is CC1CCCCC1N(C)C1CCCC(C)(C)C1O. The molecule has 1 N–H and O–H groups in total. The zero-order valence-electron chi connectivity index (χ0n) is 12.7. The standard InChI is InChI=1S/C16H31NO/c1-12-8-5-6-9-13(12)17(4)14-10-7-11-16(2,3)15(14)18/h12-15,18H,5-11H2,1-4H3. The fraction of sp³-hybridized carbons (Fsp3) is 1.00. The van der Waals surface area contributed by atoms with Crippen LogP contribution in [0.3, 0.4) is 0 Å². The third-order valence-electron chi connectivity index (χ3n) is 5.60. The van der Waals surface area contributed by atoms with E-state index in [0.29, 0.717) is 12.1 Å². The molecule has 0 radical (unpaired) electrons. The summed E-state index contributed by atoms with van der Waals surface area (Å²) in [6.07, 6.45) is 8.88. The molecule has 2 fully saturated rings. The number of hydrogen-bond donors (Lipinski definition) is 1. The summed E-state index contributed by atoms with van der Waals surface area (Å²) in [7, 11) is 2.25. The van der Waals surface area contributed by atoms with Crippen LogP contribution in [0.2, 0.25) is 0 Å². The first-order chi connectivity index (χ1) is 8.43. The Kier molecular flexibility index (Phi) is 4.38. The van der Waals surface area contributed by atoms with Crippen molar-refractivity contribution in [3.63, 3.8) is 0 Å². The Balaban J connectivity index is 2.05. The average Bonchev–Trinajstić information content (AvgIpc) is 2.32. The molecule has 0 heterocycles. The van der Waals surface area contributed by atoms with Gasteiger partial charge in [0, 0.05) is 12.1 Å². The van der Waals surface area contributed by atoms with Gasteiger partial charge in [0.1, 0.15) is 0 Å². The third-order valence-corrected chi connectivity index (χ3v) is 5.60. The summed E-state index contributed by atoms with van der Waals surface area (Å²) in [5.41, 5.74) is 0.0923. The number of nitrogens with zero attached hydrogens (tertiary/aromatic N) is 1. The molecular formula is C16H31NO. The van der Waals surface area contributed by atoms with Crippen LogP contribution in [0.25, 0.3) is 0 Å². The lowest BCUT2D eigenvalue weighted by molar-refractivity contribution is -0.0704. The van der Waals surface area contributed by atoms with Crippen molar-refractivity contribution >= 4 is 0 Å². The lowest BCUT2D eigenvalue weighted by atomic mass is 9.71. The normalized spacial score (nSPS) is 41.0. The monoisotopic (exact) mass is 253 g/mol. The first-order valence-corrected chi connectivity index (χ1v) is 7.83. The van der Waals surface area contributed by atoms with Gasteiger partial charge < -0.3 is 5.11 Å². The van der Waals surface area contributed by atoms with E-state index in [2.05, 4.69) is 32.7 Å². The minimum Gasteiger partial charge on any atom is -0.391 e. The average molecular weight is 253 g/mol. The second-order valence-electron chi connectivity index (χ2n) is 7.39. The molecule has 2 rings (SSSR count). The molecule has 0 aromatic carbocycles. The zero-order valence-corrected chi connectivity index (χ0v) is 12.7. The van der Waals surface area contributed by atoms with Crippen molar-refractivity contribution in [3.8, 4) is 0 Å². The number of rotatable bonds is 2. The molecule has 106 valence electrons. The highest BCUT2D eigenvalue weighted by molar-refractivity contribution is 4.95. The fourth-order valence-corrected chi connectivity index (χ4v) is 4.17. The minimum atomic E-state index is -0.162. The van der Waals surface area contributed by atoms with Gasteiger partial charge in [-0.25, -0.2) is 0 Å². The Labute approximate surface area is 113 Å². The van der Waals surface area contributed by atoms with Gasteiger partial charge in [0.25, 0.3) is 0 Å². The highest BCUT2D eigenvalue weighted by atomic mass is 16.3. The summed E-state index contributed by atoms with van der Waals surface area (Å²) >= 11 is 0. The van der Waals surface area contributed by atoms with E-state index >= 15 is 0 Å². The lowest BCUT2D eigenvalue weighted by Crippen LogP contribution is -2.55. The molecule has 0 aromatic rings. The van der Waals surface area contributed by atoms with Gasteiger partial charge in [0.05, 0.1) is 6.10 Å². The first kappa shape index (κ1) is 14.3. The number of hydrogen-bond acceptors (Lipinski definition) is 2. The van der Waals surface area contributed by atoms with Crippen molar-refractivity contribution in [1.82, 2.24) is 4.90 Å². The van der Waals surface area contributed by atoms with Gasteiger partial charge in [-0.15, -0.1) is 0 Å². The molecule has 0 aromatic heterocycles. The van der Waals surface area contributed by atoms with Gasteiger partial charge in [0.15, 0.2) is 0 Å². The van der Waals surface area contributed by atoms with E-state index in [1.165, 1.54) is 44.9 Å². The number of aliphatic hydroxyl groups is 1. The highest BCUT2D eigenvalue weighted by Gasteiger charge is 2.41. The molecule has 0 saturated heterocycles. The van der Waals surface area contributed by atoms with E-state index in [9.17, 15) is 5.11 Å². The molecule has 4 unspecified atom stereocenters. The predicted molar refractivity (Wildman–Crippen MR) is 76.6 cm³/mol. The van der Waals surface area contributed by atoms with Crippen molar-refractivity contribution in [3.05, 3.63) is 0 Å². The predicted octanol–water partition coefficient (Wildman–Crippen LogP) is 3.44. The summed E-state index contributed by atoms with van der Waals surface area (Å²) in [6.45, 7) is 6.84. The van der Waals surface area contributed by atoms with Crippen molar-refractivity contribution in [2.24, 2.45) is 11.3 Å². The molecule has 2 aliphatic rings. The van der Waals surface area contributed by atoms with E-state index < -0.39 is 0 Å². The molecule has 0 spiro atoms. The molecule has 2 heteroatoms. The van der Waals surface area contributed by atoms with Crippen molar-refractivity contribution in [2.75, 3.05) is 7.05 Å². The lowest BCUT2D eigenvalue weighted by Gasteiger charge is -2.48. The van der Waals surface area contributed by atoms with Crippen LogP contribution in [0.5, 0.6) is 0 Å². The maximum atomic E-state index is 10.6. The summed E-state index contributed by atoms with van der Waals surface area (Å²) < 4.78 is 0. The Hall–Kier alpha value is -0.0800. The smallest absolute Gasteiger partial charge is 0.0746 e. The van der Waals surface area contributed by atoms with Gasteiger partial charge in [-0.2, -0.15) is 0 Å². The molecule has 0 bridgehead atoms. The van der Waals surface area contributed by atoms with Gasteiger partial charge in [-0.3, -0.25) is 4.90 Å². The Morgan fingerprint density at radius 2 is 1.61 bits per heavy atom. The van der Waals surface area contributed by atoms with E-state index in [0.717, 1.165) is 5.92 Å². The van der Waals surface area contributed by atoms with E-state index in [4.69, 9.17) is 0 Å². The van der Waals surface area contributed by atoms with Crippen LogP contribution in [0.4, 0.5) is 0 Å². The van der Waals surface area contributed by atoms with Crippen LogP contribution < -0.4 is 0 Å². The summed E-state index contributed by atoms with van der Waals surface area (Å²) in [5.74, 6) is 0.793. The second kappa shape index (κ2) is 5.50. The molecule has 18 heavy (non-hydrogen) atoms. The maximum absolute atomic E-state index is 10.6. The van der Waals surface area contributed by atoms with Gasteiger partial charge in [0.2, 0.25) is 0 Å². The molecule has 2 saturated carbocycles. The third kappa shape index (κ3) is 2.75. The molecule has 0 aliphatic heterocycles. The van der Waals surface area contributed by atoms with Crippen molar-refractivity contribution in [2.45, 2.75) is 83.9 Å². The fourth-order valence-electron chi connectivity index (χ4n) is 4.17. The maximum Gasteiger partial charge on any atom is 0.0746 e. The van der Waals surface area contributed by atoms with Gasteiger partial charge in [-0.05, 0) is 44.1 Å². The van der Waals surface area contributed by atoms with Gasteiger partial charge >= 0.3 is 0 Å². The van der Waals surface area contributed by atoms with E-state index in [-0.39, 0.29) is 11.5 Å². The van der Waals surface area contributed by atoms with E-state index in [1.54, 1.807) is 0 Å². The van der Waals surface area contributed by atoms with Crippen LogP contribution in [-0.4, -0.2) is 35.2 Å². The molecule has 2 nitrogen and oxygen atoms in total. The topological polar surface area (TPSA) is 23.5 Å². The molecule has 0 amide bonds. The Morgan fingerprint density at radius 1 is 1.00 bits per heavy atom. The zero-order chi connectivity index (χ0) is 13.3. The molecular weight excluding hydrogens is 222 g/mol. The van der Waals surface area contributed by atoms with Crippen LogP contribution in [0.1, 0.15) is 65.7 Å². The molecule has 4 atom stereocenters. The molecule has 2 aliphatic carbocycles. The van der Waals surface area contributed by atoms with Crippen LogP contribution in [0.15, 0.2) is 0 Å². The van der Waals surface area contributed by atoms with E-state index in [1.807, 2.05) is 0 Å². The first-order valence-electron chi connectivity index (χ1n) is 7.83. The number of aliphatic hydroxyl groups excluding tert-OH is 1. The van der Waals surface area contributed by atoms with Crippen LogP contribution in [-0.2, 0) is 0 Å². The largest absolute Gasteiger partial charge is 0.391 e. The Bertz CT molecular complexity index is 276. The second-order valence-corrected chi connectivity index (χ2v) is 7.39.